The van der Waals surface area contributed by atoms with E-state index in [1.165, 1.54) is 16.6 Å². The summed E-state index contributed by atoms with van der Waals surface area (Å²) in [7, 11) is 0. The molecule has 0 spiro atoms. The zero-order valence-corrected chi connectivity index (χ0v) is 14.2. The maximum Gasteiger partial charge on any atom is 0.206 e. The summed E-state index contributed by atoms with van der Waals surface area (Å²) in [5, 5.41) is 3.48. The highest BCUT2D eigenvalue weighted by molar-refractivity contribution is 5.79. The second-order valence-electron chi connectivity index (χ2n) is 6.50. The fourth-order valence-electron chi connectivity index (χ4n) is 3.46. The van der Waals surface area contributed by atoms with Crippen molar-refractivity contribution in [3.8, 4) is 0 Å². The molecule has 1 saturated heterocycles. The van der Waals surface area contributed by atoms with Gasteiger partial charge in [-0.3, -0.25) is 0 Å². The Bertz CT molecular complexity index is 829. The van der Waals surface area contributed by atoms with Gasteiger partial charge >= 0.3 is 0 Å². The van der Waals surface area contributed by atoms with Crippen LogP contribution in [0.5, 0.6) is 0 Å². The number of para-hydroxylation sites is 2. The number of imidazole rings is 1. The minimum absolute atomic E-state index is 0.868. The Morgan fingerprint density at radius 2 is 1.83 bits per heavy atom. The maximum absolute atomic E-state index is 4.96. The van der Waals surface area contributed by atoms with Crippen molar-refractivity contribution in [2.45, 2.75) is 19.9 Å². The lowest BCUT2D eigenvalue weighted by Crippen LogP contribution is -2.30. The number of hydrogen-bond donors (Lipinski definition) is 1. The van der Waals surface area contributed by atoms with Crippen molar-refractivity contribution in [2.24, 2.45) is 0 Å². The van der Waals surface area contributed by atoms with Crippen molar-refractivity contribution in [1.82, 2.24) is 14.9 Å². The number of nitrogens with one attached hydrogen (secondary N) is 1. The van der Waals surface area contributed by atoms with Gasteiger partial charge in [0.15, 0.2) is 0 Å². The SMILES string of the molecule is Cc1ccccc1Cn1c(N2CCCNCC2)nc2ccccc21. The van der Waals surface area contributed by atoms with Crippen molar-refractivity contribution in [2.75, 3.05) is 31.1 Å². The van der Waals surface area contributed by atoms with E-state index in [0.717, 1.165) is 50.6 Å². The fourth-order valence-corrected chi connectivity index (χ4v) is 3.46. The predicted octanol–water partition coefficient (Wildman–Crippen LogP) is 3.19. The molecule has 2 aromatic carbocycles. The van der Waals surface area contributed by atoms with Gasteiger partial charge in [-0.1, -0.05) is 36.4 Å². The highest BCUT2D eigenvalue weighted by Crippen LogP contribution is 2.25. The summed E-state index contributed by atoms with van der Waals surface area (Å²) in [6.07, 6.45) is 1.16. The predicted molar refractivity (Wildman–Crippen MR) is 99.7 cm³/mol. The van der Waals surface area contributed by atoms with Crippen LogP contribution >= 0.6 is 0 Å². The summed E-state index contributed by atoms with van der Waals surface area (Å²) < 4.78 is 2.38. The van der Waals surface area contributed by atoms with E-state index in [-0.39, 0.29) is 0 Å². The molecule has 0 bridgehead atoms. The van der Waals surface area contributed by atoms with E-state index in [2.05, 4.69) is 70.2 Å². The first-order chi connectivity index (χ1) is 11.8. The molecule has 4 nitrogen and oxygen atoms in total. The molecule has 0 aliphatic carbocycles. The molecule has 0 amide bonds. The summed E-state index contributed by atoms with van der Waals surface area (Å²) in [6, 6.07) is 17.1. The zero-order chi connectivity index (χ0) is 16.4. The van der Waals surface area contributed by atoms with Crippen LogP contribution in [0.4, 0.5) is 5.95 Å². The van der Waals surface area contributed by atoms with E-state index >= 15 is 0 Å². The van der Waals surface area contributed by atoms with Gasteiger partial charge < -0.3 is 14.8 Å². The van der Waals surface area contributed by atoms with E-state index in [0.29, 0.717) is 0 Å². The minimum Gasteiger partial charge on any atom is -0.341 e. The molecule has 3 aromatic rings. The summed E-state index contributed by atoms with van der Waals surface area (Å²) in [5.74, 6) is 1.10. The number of aromatic nitrogens is 2. The van der Waals surface area contributed by atoms with Crippen molar-refractivity contribution in [1.29, 1.82) is 0 Å². The zero-order valence-electron chi connectivity index (χ0n) is 14.2. The van der Waals surface area contributed by atoms with E-state index in [1.807, 2.05) is 0 Å². The molecule has 4 heteroatoms. The largest absolute Gasteiger partial charge is 0.341 e. The average Bonchev–Trinajstić information content (AvgIpc) is 2.78. The molecule has 124 valence electrons. The van der Waals surface area contributed by atoms with Gasteiger partial charge in [-0.2, -0.15) is 0 Å². The molecule has 1 N–H and O–H groups in total. The maximum atomic E-state index is 4.96. The van der Waals surface area contributed by atoms with Crippen LogP contribution in [-0.2, 0) is 6.54 Å². The van der Waals surface area contributed by atoms with E-state index < -0.39 is 0 Å². The molecule has 1 fully saturated rings. The molecular weight excluding hydrogens is 296 g/mol. The molecule has 0 atom stereocenters. The molecule has 24 heavy (non-hydrogen) atoms. The Labute approximate surface area is 143 Å². The normalized spacial score (nSPS) is 15.6. The summed E-state index contributed by atoms with van der Waals surface area (Å²) in [4.78, 5) is 7.39. The molecule has 4 rings (SSSR count). The number of aryl methyl sites for hydroxylation is 1. The second-order valence-corrected chi connectivity index (χ2v) is 6.50. The minimum atomic E-state index is 0.868. The van der Waals surface area contributed by atoms with Crippen molar-refractivity contribution in [3.05, 3.63) is 59.7 Å². The third-order valence-corrected chi connectivity index (χ3v) is 4.85. The van der Waals surface area contributed by atoms with Gasteiger partial charge in [-0.15, -0.1) is 0 Å². The van der Waals surface area contributed by atoms with Crippen LogP contribution in [0.3, 0.4) is 0 Å². The molecular formula is C20H24N4. The highest BCUT2D eigenvalue weighted by Gasteiger charge is 2.18. The third-order valence-electron chi connectivity index (χ3n) is 4.85. The Morgan fingerprint density at radius 3 is 2.75 bits per heavy atom. The Morgan fingerprint density at radius 1 is 1.00 bits per heavy atom. The summed E-state index contributed by atoms with van der Waals surface area (Å²) in [5.41, 5.74) is 4.99. The molecule has 1 aliphatic heterocycles. The van der Waals surface area contributed by atoms with Gasteiger partial charge in [0.05, 0.1) is 17.6 Å². The molecule has 1 aromatic heterocycles. The van der Waals surface area contributed by atoms with Gasteiger partial charge in [-0.25, -0.2) is 4.98 Å². The molecule has 1 aliphatic rings. The van der Waals surface area contributed by atoms with Crippen LogP contribution in [0.1, 0.15) is 17.5 Å². The first-order valence-corrected chi connectivity index (χ1v) is 8.78. The first-order valence-electron chi connectivity index (χ1n) is 8.78. The Balaban J connectivity index is 1.79. The number of anilines is 1. The lowest BCUT2D eigenvalue weighted by atomic mass is 10.1. The smallest absolute Gasteiger partial charge is 0.206 e. The van der Waals surface area contributed by atoms with Gasteiger partial charge in [0.2, 0.25) is 5.95 Å². The topological polar surface area (TPSA) is 33.1 Å². The molecule has 0 unspecified atom stereocenters. The van der Waals surface area contributed by atoms with Crippen LogP contribution < -0.4 is 10.2 Å². The Hall–Kier alpha value is -2.33. The number of fused-ring (bicyclic) bond motifs is 1. The molecule has 0 saturated carbocycles. The van der Waals surface area contributed by atoms with Gasteiger partial charge in [0.1, 0.15) is 0 Å². The highest BCUT2D eigenvalue weighted by atomic mass is 15.3. The van der Waals surface area contributed by atoms with Crippen molar-refractivity contribution < 1.29 is 0 Å². The summed E-state index contributed by atoms with van der Waals surface area (Å²) >= 11 is 0. The lowest BCUT2D eigenvalue weighted by Gasteiger charge is -2.23. The third kappa shape index (κ3) is 2.89. The monoisotopic (exact) mass is 320 g/mol. The molecule has 0 radical (unpaired) electrons. The van der Waals surface area contributed by atoms with E-state index in [4.69, 9.17) is 4.98 Å². The lowest BCUT2D eigenvalue weighted by molar-refractivity contribution is 0.721. The Kier molecular flexibility index (Phi) is 4.22. The summed E-state index contributed by atoms with van der Waals surface area (Å²) in [6.45, 7) is 7.24. The number of nitrogens with zero attached hydrogens (tertiary/aromatic N) is 3. The quantitative estimate of drug-likeness (QED) is 0.804. The van der Waals surface area contributed by atoms with Gasteiger partial charge in [0, 0.05) is 19.6 Å². The first kappa shape index (κ1) is 15.2. The standard InChI is InChI=1S/C20H24N4/c1-16-7-2-3-8-17(16)15-24-19-10-5-4-9-18(19)22-20(24)23-13-6-11-21-12-14-23/h2-5,7-10,21H,6,11-15H2,1H3. The van der Waals surface area contributed by atoms with E-state index in [1.54, 1.807) is 0 Å². The number of benzene rings is 2. The van der Waals surface area contributed by atoms with Crippen LogP contribution in [0.15, 0.2) is 48.5 Å². The van der Waals surface area contributed by atoms with Gasteiger partial charge in [0.25, 0.3) is 0 Å². The van der Waals surface area contributed by atoms with Crippen molar-refractivity contribution in [3.63, 3.8) is 0 Å². The average molecular weight is 320 g/mol. The van der Waals surface area contributed by atoms with Crippen LogP contribution in [0, 0.1) is 6.92 Å². The number of hydrogen-bond acceptors (Lipinski definition) is 3. The van der Waals surface area contributed by atoms with Crippen LogP contribution in [-0.4, -0.2) is 35.7 Å². The second kappa shape index (κ2) is 6.65. The fraction of sp³-hybridized carbons (Fsp3) is 0.350. The van der Waals surface area contributed by atoms with E-state index in [9.17, 15) is 0 Å². The molecule has 2 heterocycles. The number of rotatable bonds is 3. The van der Waals surface area contributed by atoms with Gasteiger partial charge in [-0.05, 0) is 43.1 Å². The van der Waals surface area contributed by atoms with Crippen LogP contribution in [0.2, 0.25) is 0 Å². The van der Waals surface area contributed by atoms with Crippen LogP contribution in [0.25, 0.3) is 11.0 Å². The van der Waals surface area contributed by atoms with Crippen molar-refractivity contribution >= 4 is 17.0 Å².